The lowest BCUT2D eigenvalue weighted by atomic mass is 10.0. The summed E-state index contributed by atoms with van der Waals surface area (Å²) in [6.07, 6.45) is 1.85. The van der Waals surface area contributed by atoms with Gasteiger partial charge >= 0.3 is 0 Å². The van der Waals surface area contributed by atoms with Crippen molar-refractivity contribution in [3.05, 3.63) is 42.6 Å². The highest BCUT2D eigenvalue weighted by atomic mass is 16.2. The number of benzene rings is 1. The van der Waals surface area contributed by atoms with Crippen molar-refractivity contribution in [2.24, 2.45) is 0 Å². The van der Waals surface area contributed by atoms with E-state index >= 15 is 0 Å². The summed E-state index contributed by atoms with van der Waals surface area (Å²) in [7, 11) is 3.51. The molecule has 0 bridgehead atoms. The molecule has 0 N–H and O–H groups in total. The zero-order valence-electron chi connectivity index (χ0n) is 11.8. The van der Waals surface area contributed by atoms with Gasteiger partial charge in [-0.1, -0.05) is 30.3 Å². The van der Waals surface area contributed by atoms with Gasteiger partial charge in [-0.05, 0) is 19.9 Å². The minimum atomic E-state index is -0.684. The molecule has 4 nitrogen and oxygen atoms in total. The van der Waals surface area contributed by atoms with Crippen LogP contribution in [0.3, 0.4) is 0 Å². The summed E-state index contributed by atoms with van der Waals surface area (Å²) in [4.78, 5) is 13.8. The van der Waals surface area contributed by atoms with Crippen LogP contribution in [0.2, 0.25) is 0 Å². The maximum Gasteiger partial charge on any atom is 0.249 e. The van der Waals surface area contributed by atoms with Gasteiger partial charge in [0.2, 0.25) is 5.91 Å². The van der Waals surface area contributed by atoms with E-state index in [0.717, 1.165) is 11.3 Å². The number of likely N-dealkylation sites (N-methyl/N-ethyl adjacent to an activating group) is 1. The molecule has 1 amide bonds. The van der Waals surface area contributed by atoms with Gasteiger partial charge in [-0.15, -0.1) is 0 Å². The first-order chi connectivity index (χ1) is 8.93. The van der Waals surface area contributed by atoms with Gasteiger partial charge in [-0.2, -0.15) is 5.10 Å². The van der Waals surface area contributed by atoms with E-state index in [4.69, 9.17) is 0 Å². The van der Waals surface area contributed by atoms with Crippen molar-refractivity contribution in [1.29, 1.82) is 0 Å². The van der Waals surface area contributed by atoms with Gasteiger partial charge in [0.15, 0.2) is 0 Å². The van der Waals surface area contributed by atoms with E-state index in [1.165, 1.54) is 0 Å². The molecular formula is C15H19N3O. The van der Waals surface area contributed by atoms with Gasteiger partial charge in [-0.3, -0.25) is 9.48 Å². The van der Waals surface area contributed by atoms with E-state index in [2.05, 4.69) is 5.10 Å². The molecule has 1 aromatic carbocycles. The van der Waals surface area contributed by atoms with Gasteiger partial charge in [0.1, 0.15) is 5.54 Å². The predicted octanol–water partition coefficient (Wildman–Crippen LogP) is 2.37. The molecule has 0 aliphatic rings. The lowest BCUT2D eigenvalue weighted by Gasteiger charge is -2.27. The number of amides is 1. The molecule has 0 aliphatic carbocycles. The minimum absolute atomic E-state index is 0.0233. The molecule has 2 aromatic rings. The topological polar surface area (TPSA) is 38.1 Å². The summed E-state index contributed by atoms with van der Waals surface area (Å²) in [6, 6.07) is 11.9. The molecule has 0 saturated carbocycles. The second kappa shape index (κ2) is 4.88. The lowest BCUT2D eigenvalue weighted by Crippen LogP contribution is -2.44. The molecule has 0 saturated heterocycles. The summed E-state index contributed by atoms with van der Waals surface area (Å²) in [5, 5.41) is 4.52. The second-order valence-corrected chi connectivity index (χ2v) is 5.27. The third-order valence-electron chi connectivity index (χ3n) is 3.16. The maximum atomic E-state index is 12.2. The molecule has 4 heteroatoms. The Morgan fingerprint density at radius 1 is 1.16 bits per heavy atom. The van der Waals surface area contributed by atoms with Crippen LogP contribution >= 0.6 is 0 Å². The Morgan fingerprint density at radius 2 is 1.79 bits per heavy atom. The molecule has 2 rings (SSSR count). The second-order valence-electron chi connectivity index (χ2n) is 5.27. The Kier molecular flexibility index (Phi) is 3.42. The van der Waals surface area contributed by atoms with Crippen LogP contribution in [0.25, 0.3) is 11.3 Å². The monoisotopic (exact) mass is 257 g/mol. The van der Waals surface area contributed by atoms with Crippen molar-refractivity contribution in [1.82, 2.24) is 14.7 Å². The smallest absolute Gasteiger partial charge is 0.249 e. The Morgan fingerprint density at radius 3 is 2.37 bits per heavy atom. The fourth-order valence-corrected chi connectivity index (χ4v) is 2.04. The van der Waals surface area contributed by atoms with E-state index in [1.807, 2.05) is 56.4 Å². The normalized spacial score (nSPS) is 11.4. The van der Waals surface area contributed by atoms with Crippen molar-refractivity contribution in [3.63, 3.8) is 0 Å². The average molecular weight is 257 g/mol. The van der Waals surface area contributed by atoms with E-state index < -0.39 is 5.54 Å². The van der Waals surface area contributed by atoms with Crippen molar-refractivity contribution in [2.45, 2.75) is 19.4 Å². The molecule has 0 radical (unpaired) electrons. The van der Waals surface area contributed by atoms with Gasteiger partial charge in [-0.25, -0.2) is 0 Å². The van der Waals surface area contributed by atoms with Gasteiger partial charge in [0, 0.05) is 25.9 Å². The number of rotatable bonds is 3. The largest absolute Gasteiger partial charge is 0.347 e. The number of hydrogen-bond donors (Lipinski definition) is 0. The van der Waals surface area contributed by atoms with Gasteiger partial charge < -0.3 is 4.90 Å². The quantitative estimate of drug-likeness (QED) is 0.846. The Balaban J connectivity index is 2.34. The first-order valence-corrected chi connectivity index (χ1v) is 6.26. The molecule has 0 unspecified atom stereocenters. The van der Waals surface area contributed by atoms with Gasteiger partial charge in [0.25, 0.3) is 0 Å². The molecule has 100 valence electrons. The van der Waals surface area contributed by atoms with E-state index in [1.54, 1.807) is 23.7 Å². The number of nitrogens with zero attached hydrogens (tertiary/aromatic N) is 3. The highest BCUT2D eigenvalue weighted by molar-refractivity contribution is 5.83. The molecule has 1 heterocycles. The number of carbonyl (C=O) groups excluding carboxylic acids is 1. The van der Waals surface area contributed by atoms with Crippen LogP contribution in [-0.2, 0) is 10.3 Å². The summed E-state index contributed by atoms with van der Waals surface area (Å²) in [5.74, 6) is 0.0233. The van der Waals surface area contributed by atoms with E-state index in [-0.39, 0.29) is 5.91 Å². The summed E-state index contributed by atoms with van der Waals surface area (Å²) < 4.78 is 1.72. The molecular weight excluding hydrogens is 238 g/mol. The fraction of sp³-hybridized carbons (Fsp3) is 0.333. The van der Waals surface area contributed by atoms with Crippen LogP contribution in [-0.4, -0.2) is 34.7 Å². The zero-order valence-corrected chi connectivity index (χ0v) is 11.8. The first-order valence-electron chi connectivity index (χ1n) is 6.26. The molecule has 0 atom stereocenters. The first kappa shape index (κ1) is 13.3. The molecule has 19 heavy (non-hydrogen) atoms. The standard InChI is InChI=1S/C15H19N3O/c1-15(2,14(19)17(3)4)18-11-10-13(16-18)12-8-6-5-7-9-12/h5-11H,1-4H3. The SMILES string of the molecule is CN(C)C(=O)C(C)(C)n1ccc(-c2ccccc2)n1. The zero-order chi connectivity index (χ0) is 14.0. The van der Waals surface area contributed by atoms with E-state index in [0.29, 0.717) is 0 Å². The van der Waals surface area contributed by atoms with Crippen molar-refractivity contribution >= 4 is 5.91 Å². The van der Waals surface area contributed by atoms with Crippen LogP contribution in [0.4, 0.5) is 0 Å². The minimum Gasteiger partial charge on any atom is -0.347 e. The number of aromatic nitrogens is 2. The Labute approximate surface area is 113 Å². The third-order valence-corrected chi connectivity index (χ3v) is 3.16. The predicted molar refractivity (Wildman–Crippen MR) is 75.7 cm³/mol. The van der Waals surface area contributed by atoms with E-state index in [9.17, 15) is 4.79 Å². The highest BCUT2D eigenvalue weighted by Gasteiger charge is 2.32. The van der Waals surface area contributed by atoms with Crippen molar-refractivity contribution < 1.29 is 4.79 Å². The highest BCUT2D eigenvalue weighted by Crippen LogP contribution is 2.21. The Hall–Kier alpha value is -2.10. The molecule has 0 fully saturated rings. The third kappa shape index (κ3) is 2.52. The average Bonchev–Trinajstić information content (AvgIpc) is 2.89. The molecule has 1 aromatic heterocycles. The van der Waals surface area contributed by atoms with Crippen LogP contribution in [0.5, 0.6) is 0 Å². The molecule has 0 aliphatic heterocycles. The number of carbonyl (C=O) groups is 1. The Bertz CT molecular complexity index is 570. The van der Waals surface area contributed by atoms with Crippen LogP contribution in [0.1, 0.15) is 13.8 Å². The maximum absolute atomic E-state index is 12.2. The summed E-state index contributed by atoms with van der Waals surface area (Å²) >= 11 is 0. The van der Waals surface area contributed by atoms with Gasteiger partial charge in [0.05, 0.1) is 5.69 Å². The summed E-state index contributed by atoms with van der Waals surface area (Å²) in [6.45, 7) is 3.74. The fourth-order valence-electron chi connectivity index (χ4n) is 2.04. The van der Waals surface area contributed by atoms with Crippen LogP contribution in [0.15, 0.2) is 42.6 Å². The van der Waals surface area contributed by atoms with Crippen LogP contribution in [0, 0.1) is 0 Å². The molecule has 0 spiro atoms. The lowest BCUT2D eigenvalue weighted by molar-refractivity contribution is -0.137. The van der Waals surface area contributed by atoms with Crippen molar-refractivity contribution in [3.8, 4) is 11.3 Å². The van der Waals surface area contributed by atoms with Crippen molar-refractivity contribution in [2.75, 3.05) is 14.1 Å². The van der Waals surface area contributed by atoms with Crippen LogP contribution < -0.4 is 0 Å². The summed E-state index contributed by atoms with van der Waals surface area (Å²) in [5.41, 5.74) is 1.24. The number of hydrogen-bond acceptors (Lipinski definition) is 2.